The maximum absolute atomic E-state index is 13.3. The third kappa shape index (κ3) is 5.50. The summed E-state index contributed by atoms with van der Waals surface area (Å²) in [6.07, 6.45) is 3.59. The average molecular weight is 462 g/mol. The molecule has 9 heteroatoms. The minimum Gasteiger partial charge on any atom is -0.457 e. The number of pyridine rings is 1. The summed E-state index contributed by atoms with van der Waals surface area (Å²) in [5.41, 5.74) is 6.41. The molecule has 3 N–H and O–H groups in total. The van der Waals surface area contributed by atoms with E-state index < -0.39 is 11.7 Å². The Hall–Kier alpha value is -4.40. The van der Waals surface area contributed by atoms with Gasteiger partial charge in [-0.2, -0.15) is 0 Å². The SMILES string of the molecule is C=CC(=O)NC1CCN(c2cnc(Oc3ccc(Oc4cccc(F)c4)cc3)c(C(N)=O)c2)C1. The number of nitrogens with zero attached hydrogens (tertiary/aromatic N) is 2. The number of aromatic nitrogens is 1. The summed E-state index contributed by atoms with van der Waals surface area (Å²) in [5.74, 6) is 0.0640. The maximum Gasteiger partial charge on any atom is 0.254 e. The van der Waals surface area contributed by atoms with E-state index in [0.717, 1.165) is 6.42 Å². The van der Waals surface area contributed by atoms with Crippen LogP contribution in [-0.2, 0) is 4.79 Å². The zero-order chi connectivity index (χ0) is 24.1. The number of primary amides is 1. The van der Waals surface area contributed by atoms with Crippen LogP contribution in [0.2, 0.25) is 0 Å². The topological polar surface area (TPSA) is 107 Å². The Morgan fingerprint density at radius 3 is 2.53 bits per heavy atom. The van der Waals surface area contributed by atoms with E-state index in [9.17, 15) is 14.0 Å². The van der Waals surface area contributed by atoms with Gasteiger partial charge in [0.2, 0.25) is 11.8 Å². The van der Waals surface area contributed by atoms with Crippen molar-refractivity contribution in [2.75, 3.05) is 18.0 Å². The van der Waals surface area contributed by atoms with E-state index in [4.69, 9.17) is 15.2 Å². The second-order valence-electron chi connectivity index (χ2n) is 7.69. The van der Waals surface area contributed by atoms with Crippen molar-refractivity contribution < 1.29 is 23.5 Å². The Labute approximate surface area is 195 Å². The van der Waals surface area contributed by atoms with Crippen molar-refractivity contribution in [2.45, 2.75) is 12.5 Å². The van der Waals surface area contributed by atoms with Gasteiger partial charge in [-0.25, -0.2) is 9.37 Å². The molecule has 1 fully saturated rings. The lowest BCUT2D eigenvalue weighted by Gasteiger charge is -2.20. The first kappa shape index (κ1) is 22.8. The zero-order valence-electron chi connectivity index (χ0n) is 18.2. The number of nitrogens with one attached hydrogen (secondary N) is 1. The molecule has 1 aliphatic rings. The second-order valence-corrected chi connectivity index (χ2v) is 7.69. The summed E-state index contributed by atoms with van der Waals surface area (Å²) >= 11 is 0. The molecule has 34 heavy (non-hydrogen) atoms. The molecule has 1 unspecified atom stereocenters. The molecule has 0 aliphatic carbocycles. The molecule has 1 aliphatic heterocycles. The molecule has 0 saturated carbocycles. The lowest BCUT2D eigenvalue weighted by molar-refractivity contribution is -0.117. The number of ether oxygens (including phenoxy) is 2. The first-order valence-electron chi connectivity index (χ1n) is 10.6. The molecular formula is C25H23FN4O4. The van der Waals surface area contributed by atoms with Crippen molar-refractivity contribution in [1.29, 1.82) is 0 Å². The van der Waals surface area contributed by atoms with Crippen molar-refractivity contribution in [2.24, 2.45) is 5.73 Å². The smallest absolute Gasteiger partial charge is 0.254 e. The van der Waals surface area contributed by atoms with Crippen LogP contribution >= 0.6 is 0 Å². The van der Waals surface area contributed by atoms with Crippen molar-refractivity contribution in [1.82, 2.24) is 10.3 Å². The molecule has 2 heterocycles. The molecular weight excluding hydrogens is 439 g/mol. The molecule has 1 atom stereocenters. The summed E-state index contributed by atoms with van der Waals surface area (Å²) < 4.78 is 24.7. The Bertz CT molecular complexity index is 1220. The molecule has 0 spiro atoms. The van der Waals surface area contributed by atoms with Crippen LogP contribution in [0.25, 0.3) is 0 Å². The number of halogens is 1. The standard InChI is InChI=1S/C25H23FN4O4/c1-2-23(31)29-17-10-11-30(15-17)18-13-22(24(27)32)25(28-14-18)34-20-8-6-19(7-9-20)33-21-5-3-4-16(26)12-21/h2-9,12-14,17H,1,10-11,15H2,(H2,27,32)(H,29,31). The van der Waals surface area contributed by atoms with Crippen molar-refractivity contribution >= 4 is 17.5 Å². The minimum absolute atomic E-state index is 0.0217. The quantitative estimate of drug-likeness (QED) is 0.494. The molecule has 2 aromatic carbocycles. The van der Waals surface area contributed by atoms with E-state index in [0.29, 0.717) is 36.0 Å². The van der Waals surface area contributed by atoms with E-state index in [1.165, 1.54) is 18.2 Å². The molecule has 1 saturated heterocycles. The van der Waals surface area contributed by atoms with Gasteiger partial charge < -0.3 is 25.4 Å². The molecule has 1 aromatic heterocycles. The number of hydrogen-bond donors (Lipinski definition) is 2. The first-order chi connectivity index (χ1) is 16.4. The van der Waals surface area contributed by atoms with E-state index >= 15 is 0 Å². The molecule has 4 rings (SSSR count). The van der Waals surface area contributed by atoms with Crippen LogP contribution < -0.4 is 25.4 Å². The number of nitrogens with two attached hydrogens (primary N) is 1. The Balaban J connectivity index is 1.45. The number of anilines is 1. The van der Waals surface area contributed by atoms with E-state index in [1.54, 1.807) is 48.7 Å². The minimum atomic E-state index is -0.675. The van der Waals surface area contributed by atoms with Crippen LogP contribution in [0.5, 0.6) is 23.1 Å². The van der Waals surface area contributed by atoms with Gasteiger partial charge in [-0.05, 0) is 55.0 Å². The van der Waals surface area contributed by atoms with E-state index in [-0.39, 0.29) is 23.4 Å². The molecule has 0 bridgehead atoms. The number of carbonyl (C=O) groups is 2. The maximum atomic E-state index is 13.3. The number of rotatable bonds is 8. The van der Waals surface area contributed by atoms with Gasteiger partial charge >= 0.3 is 0 Å². The third-order valence-electron chi connectivity index (χ3n) is 5.26. The van der Waals surface area contributed by atoms with Crippen molar-refractivity contribution in [3.63, 3.8) is 0 Å². The molecule has 0 radical (unpaired) electrons. The van der Waals surface area contributed by atoms with Crippen LogP contribution in [0, 0.1) is 5.82 Å². The number of carbonyl (C=O) groups excluding carboxylic acids is 2. The number of amides is 2. The van der Waals surface area contributed by atoms with Gasteiger partial charge in [-0.1, -0.05) is 12.6 Å². The molecule has 8 nitrogen and oxygen atoms in total. The van der Waals surface area contributed by atoms with Crippen molar-refractivity contribution in [3.05, 3.63) is 84.8 Å². The van der Waals surface area contributed by atoms with Gasteiger partial charge in [-0.3, -0.25) is 9.59 Å². The van der Waals surface area contributed by atoms with Gasteiger partial charge in [0.15, 0.2) is 0 Å². The Morgan fingerprint density at radius 2 is 1.85 bits per heavy atom. The van der Waals surface area contributed by atoms with Crippen molar-refractivity contribution in [3.8, 4) is 23.1 Å². The average Bonchev–Trinajstić information content (AvgIpc) is 3.29. The summed E-state index contributed by atoms with van der Waals surface area (Å²) in [6.45, 7) is 4.73. The van der Waals surface area contributed by atoms with Crippen LogP contribution in [0.3, 0.4) is 0 Å². The van der Waals surface area contributed by atoms with Crippen LogP contribution in [0.15, 0.2) is 73.4 Å². The fourth-order valence-corrected chi connectivity index (χ4v) is 3.60. The highest BCUT2D eigenvalue weighted by molar-refractivity contribution is 5.96. The largest absolute Gasteiger partial charge is 0.457 e. The van der Waals surface area contributed by atoms with Gasteiger partial charge in [0.1, 0.15) is 28.6 Å². The second kappa shape index (κ2) is 10.0. The summed E-state index contributed by atoms with van der Waals surface area (Å²) in [7, 11) is 0. The molecule has 2 amide bonds. The summed E-state index contributed by atoms with van der Waals surface area (Å²) in [6, 6.07) is 14.0. The van der Waals surface area contributed by atoms with Gasteiger partial charge in [0.05, 0.1) is 11.9 Å². The fourth-order valence-electron chi connectivity index (χ4n) is 3.60. The van der Waals surface area contributed by atoms with Crippen LogP contribution in [0.4, 0.5) is 10.1 Å². The predicted octanol–water partition coefficient (Wildman–Crippen LogP) is 3.79. The first-order valence-corrected chi connectivity index (χ1v) is 10.6. The van der Waals surface area contributed by atoms with Crippen LogP contribution in [0.1, 0.15) is 16.8 Å². The monoisotopic (exact) mass is 462 g/mol. The lowest BCUT2D eigenvalue weighted by atomic mass is 10.2. The fraction of sp³-hybridized carbons (Fsp3) is 0.160. The zero-order valence-corrected chi connectivity index (χ0v) is 18.2. The van der Waals surface area contributed by atoms with E-state index in [2.05, 4.69) is 16.9 Å². The lowest BCUT2D eigenvalue weighted by Crippen LogP contribution is -2.36. The van der Waals surface area contributed by atoms with Gasteiger partial charge in [0.25, 0.3) is 5.91 Å². The predicted molar refractivity (Wildman–Crippen MR) is 125 cm³/mol. The van der Waals surface area contributed by atoms with Gasteiger partial charge in [-0.15, -0.1) is 0 Å². The molecule has 3 aromatic rings. The highest BCUT2D eigenvalue weighted by atomic mass is 19.1. The Morgan fingerprint density at radius 1 is 1.12 bits per heavy atom. The molecule has 174 valence electrons. The van der Waals surface area contributed by atoms with E-state index in [1.807, 2.05) is 4.90 Å². The summed E-state index contributed by atoms with van der Waals surface area (Å²) in [4.78, 5) is 29.9. The highest BCUT2D eigenvalue weighted by Crippen LogP contribution is 2.30. The number of hydrogen-bond acceptors (Lipinski definition) is 6. The van der Waals surface area contributed by atoms with Gasteiger partial charge in [0, 0.05) is 25.2 Å². The van der Waals surface area contributed by atoms with Crippen LogP contribution in [-0.4, -0.2) is 35.9 Å². The third-order valence-corrected chi connectivity index (χ3v) is 5.26. The highest BCUT2D eigenvalue weighted by Gasteiger charge is 2.25. The number of benzene rings is 2. The summed E-state index contributed by atoms with van der Waals surface area (Å²) in [5, 5.41) is 2.87. The normalized spacial score (nSPS) is 15.0. The Kier molecular flexibility index (Phi) is 6.72.